The lowest BCUT2D eigenvalue weighted by Crippen LogP contribution is -2.08. The van der Waals surface area contributed by atoms with Gasteiger partial charge in [0.15, 0.2) is 17.2 Å². The van der Waals surface area contributed by atoms with Crippen LogP contribution in [0.5, 0.6) is 17.2 Å². The highest BCUT2D eigenvalue weighted by molar-refractivity contribution is 7.13. The molecule has 4 rings (SSSR count). The number of methoxy groups -OCH3 is 2. The van der Waals surface area contributed by atoms with Gasteiger partial charge < -0.3 is 14.2 Å². The smallest absolute Gasteiger partial charge is 0.363 e. The number of benzene rings is 3. The minimum absolute atomic E-state index is 0.232. The maximum absolute atomic E-state index is 12.6. The van der Waals surface area contributed by atoms with Crippen LogP contribution in [-0.2, 0) is 0 Å². The third-order valence-electron chi connectivity index (χ3n) is 4.76. The van der Waals surface area contributed by atoms with Crippen molar-refractivity contribution in [3.8, 4) is 45.0 Å². The van der Waals surface area contributed by atoms with Crippen molar-refractivity contribution < 1.29 is 19.0 Å². The normalized spacial score (nSPS) is 10.3. The molecule has 0 saturated heterocycles. The molecule has 4 aromatic rings. The number of ether oxygens (including phenoxy) is 3. The summed E-state index contributed by atoms with van der Waals surface area (Å²) in [4.78, 5) is 17.0. The molecule has 0 amide bonds. The van der Waals surface area contributed by atoms with E-state index in [-0.39, 0.29) is 5.69 Å². The Hall–Kier alpha value is -4.15. The summed E-state index contributed by atoms with van der Waals surface area (Å²) in [6.07, 6.45) is 0. The van der Waals surface area contributed by atoms with Gasteiger partial charge in [0, 0.05) is 10.9 Å². The third kappa shape index (κ3) is 4.46. The summed E-state index contributed by atoms with van der Waals surface area (Å²) in [7, 11) is 3.14. The molecule has 1 aromatic heterocycles. The fourth-order valence-electron chi connectivity index (χ4n) is 3.08. The standard InChI is InChI=1S/C25H18N2O4S/c1-29-22-12-9-19(13-23(22)30-2)24-27-21(15-32-24)25(28)31-20-10-7-18(8-11-20)17-5-3-16(14-26)4-6-17/h3-13,15H,1-2H3. The van der Waals surface area contributed by atoms with E-state index in [0.717, 1.165) is 16.7 Å². The molecule has 0 bridgehead atoms. The highest BCUT2D eigenvalue weighted by atomic mass is 32.1. The average molecular weight is 442 g/mol. The molecule has 0 unspecified atom stereocenters. The molecule has 0 fully saturated rings. The highest BCUT2D eigenvalue weighted by Gasteiger charge is 2.16. The van der Waals surface area contributed by atoms with Crippen LogP contribution >= 0.6 is 11.3 Å². The second-order valence-electron chi connectivity index (χ2n) is 6.71. The number of carbonyl (C=O) groups excluding carboxylic acids is 1. The van der Waals surface area contributed by atoms with Gasteiger partial charge in [0.25, 0.3) is 0 Å². The van der Waals surface area contributed by atoms with Crippen LogP contribution in [0.25, 0.3) is 21.7 Å². The Kier molecular flexibility index (Phi) is 6.15. The van der Waals surface area contributed by atoms with Gasteiger partial charge in [-0.25, -0.2) is 9.78 Å². The van der Waals surface area contributed by atoms with Gasteiger partial charge in [-0.05, 0) is 53.6 Å². The topological polar surface area (TPSA) is 81.4 Å². The van der Waals surface area contributed by atoms with Crippen LogP contribution in [0.1, 0.15) is 16.1 Å². The van der Waals surface area contributed by atoms with Crippen LogP contribution in [0.15, 0.2) is 72.1 Å². The molecule has 0 spiro atoms. The lowest BCUT2D eigenvalue weighted by molar-refractivity contribution is 0.0729. The van der Waals surface area contributed by atoms with E-state index in [0.29, 0.717) is 27.8 Å². The van der Waals surface area contributed by atoms with Crippen molar-refractivity contribution in [3.63, 3.8) is 0 Å². The third-order valence-corrected chi connectivity index (χ3v) is 5.65. The monoisotopic (exact) mass is 442 g/mol. The molecule has 7 heteroatoms. The predicted molar refractivity (Wildman–Crippen MR) is 122 cm³/mol. The number of carbonyl (C=O) groups is 1. The summed E-state index contributed by atoms with van der Waals surface area (Å²) in [5, 5.41) is 11.3. The van der Waals surface area contributed by atoms with Crippen LogP contribution in [-0.4, -0.2) is 25.2 Å². The second-order valence-corrected chi connectivity index (χ2v) is 7.57. The summed E-state index contributed by atoms with van der Waals surface area (Å²) in [6, 6.07) is 22.0. The Morgan fingerprint density at radius 1 is 0.875 bits per heavy atom. The van der Waals surface area contributed by atoms with E-state index >= 15 is 0 Å². The Morgan fingerprint density at radius 2 is 1.50 bits per heavy atom. The number of nitrogens with zero attached hydrogens (tertiary/aromatic N) is 2. The summed E-state index contributed by atoms with van der Waals surface area (Å²) < 4.78 is 16.1. The van der Waals surface area contributed by atoms with E-state index < -0.39 is 5.97 Å². The highest BCUT2D eigenvalue weighted by Crippen LogP contribution is 2.33. The van der Waals surface area contributed by atoms with Gasteiger partial charge in [-0.15, -0.1) is 11.3 Å². The molecule has 0 saturated carbocycles. The van der Waals surface area contributed by atoms with Gasteiger partial charge >= 0.3 is 5.97 Å². The first-order valence-electron chi connectivity index (χ1n) is 9.62. The predicted octanol–water partition coefficient (Wildman–Crippen LogP) is 5.59. The maximum Gasteiger partial charge on any atom is 0.363 e. The van der Waals surface area contributed by atoms with E-state index in [4.69, 9.17) is 19.5 Å². The minimum atomic E-state index is -0.529. The molecule has 3 aromatic carbocycles. The summed E-state index contributed by atoms with van der Waals surface area (Å²) in [5.74, 6) is 1.11. The molecule has 1 heterocycles. The van der Waals surface area contributed by atoms with Crippen molar-refractivity contribution in [2.75, 3.05) is 14.2 Å². The quantitative estimate of drug-likeness (QED) is 0.286. The first-order chi connectivity index (χ1) is 15.6. The number of nitriles is 1. The van der Waals surface area contributed by atoms with E-state index in [1.54, 1.807) is 49.9 Å². The number of hydrogen-bond donors (Lipinski definition) is 0. The SMILES string of the molecule is COc1ccc(-c2nc(C(=O)Oc3ccc(-c4ccc(C#N)cc4)cc3)cs2)cc1OC. The van der Waals surface area contributed by atoms with Crippen molar-refractivity contribution in [1.82, 2.24) is 4.98 Å². The molecular weight excluding hydrogens is 424 g/mol. The van der Waals surface area contributed by atoms with Crippen molar-refractivity contribution in [1.29, 1.82) is 5.26 Å². The average Bonchev–Trinajstić information content (AvgIpc) is 3.35. The van der Waals surface area contributed by atoms with Gasteiger partial charge in [-0.2, -0.15) is 5.26 Å². The number of aromatic nitrogens is 1. The molecule has 158 valence electrons. The number of hydrogen-bond acceptors (Lipinski definition) is 7. The van der Waals surface area contributed by atoms with Gasteiger partial charge in [0.2, 0.25) is 0 Å². The summed E-state index contributed by atoms with van der Waals surface area (Å²) >= 11 is 1.35. The molecule has 0 aliphatic heterocycles. The lowest BCUT2D eigenvalue weighted by Gasteiger charge is -2.08. The van der Waals surface area contributed by atoms with Crippen molar-refractivity contribution in [2.24, 2.45) is 0 Å². The van der Waals surface area contributed by atoms with E-state index in [1.807, 2.05) is 36.4 Å². The molecule has 6 nitrogen and oxygen atoms in total. The van der Waals surface area contributed by atoms with E-state index in [9.17, 15) is 4.79 Å². The fourth-order valence-corrected chi connectivity index (χ4v) is 3.87. The zero-order valence-corrected chi connectivity index (χ0v) is 18.2. The fraction of sp³-hybridized carbons (Fsp3) is 0.0800. The van der Waals surface area contributed by atoms with Crippen molar-refractivity contribution >= 4 is 17.3 Å². The lowest BCUT2D eigenvalue weighted by atomic mass is 10.0. The first kappa shape index (κ1) is 21.1. The summed E-state index contributed by atoms with van der Waals surface area (Å²) in [5.41, 5.74) is 3.59. The molecule has 0 radical (unpaired) electrons. The van der Waals surface area contributed by atoms with Crippen LogP contribution < -0.4 is 14.2 Å². The number of thiazole rings is 1. The van der Waals surface area contributed by atoms with Crippen molar-refractivity contribution in [3.05, 3.63) is 83.4 Å². The molecule has 0 atom stereocenters. The Bertz CT molecular complexity index is 1290. The zero-order valence-electron chi connectivity index (χ0n) is 17.4. The Morgan fingerprint density at radius 3 is 2.12 bits per heavy atom. The zero-order chi connectivity index (χ0) is 22.5. The number of rotatable bonds is 6. The Balaban J connectivity index is 1.47. The Labute approximate surface area is 189 Å². The number of esters is 1. The van der Waals surface area contributed by atoms with Crippen molar-refractivity contribution in [2.45, 2.75) is 0 Å². The molecule has 0 aliphatic rings. The molecule has 0 aliphatic carbocycles. The van der Waals surface area contributed by atoms with E-state index in [1.165, 1.54) is 11.3 Å². The van der Waals surface area contributed by atoms with Gasteiger partial charge in [0.05, 0.1) is 25.9 Å². The maximum atomic E-state index is 12.6. The van der Waals surface area contributed by atoms with Crippen LogP contribution in [0.3, 0.4) is 0 Å². The molecule has 0 N–H and O–H groups in total. The minimum Gasteiger partial charge on any atom is -0.493 e. The molecule has 32 heavy (non-hydrogen) atoms. The summed E-state index contributed by atoms with van der Waals surface area (Å²) in [6.45, 7) is 0. The van der Waals surface area contributed by atoms with Gasteiger partial charge in [-0.3, -0.25) is 0 Å². The second kappa shape index (κ2) is 9.33. The van der Waals surface area contributed by atoms with Gasteiger partial charge in [0.1, 0.15) is 10.8 Å². The largest absolute Gasteiger partial charge is 0.493 e. The molecular formula is C25H18N2O4S. The van der Waals surface area contributed by atoms with Gasteiger partial charge in [-0.1, -0.05) is 24.3 Å². The van der Waals surface area contributed by atoms with Crippen LogP contribution in [0.2, 0.25) is 0 Å². The van der Waals surface area contributed by atoms with E-state index in [2.05, 4.69) is 11.1 Å². The van der Waals surface area contributed by atoms with Crippen LogP contribution in [0, 0.1) is 11.3 Å². The van der Waals surface area contributed by atoms with Crippen LogP contribution in [0.4, 0.5) is 0 Å². The first-order valence-corrected chi connectivity index (χ1v) is 10.5.